The van der Waals surface area contributed by atoms with Crippen LogP contribution in [0.2, 0.25) is 0 Å². The Balaban J connectivity index is 2.09. The van der Waals surface area contributed by atoms with Crippen LogP contribution in [0.3, 0.4) is 0 Å². The number of fused-ring (bicyclic) bond motifs is 1. The Labute approximate surface area is 73.3 Å². The smallest absolute Gasteiger partial charge is 0.309 e. The molecule has 0 aromatic carbocycles. The van der Waals surface area contributed by atoms with Gasteiger partial charge >= 0.3 is 5.97 Å². The molecule has 1 aliphatic heterocycles. The van der Waals surface area contributed by atoms with Gasteiger partial charge in [0.2, 0.25) is 0 Å². The minimum atomic E-state index is 0.0269. The summed E-state index contributed by atoms with van der Waals surface area (Å²) in [5.74, 6) is 1.44. The molecule has 2 heteroatoms. The summed E-state index contributed by atoms with van der Waals surface area (Å²) in [7, 11) is 0. The van der Waals surface area contributed by atoms with Crippen molar-refractivity contribution in [3.8, 4) is 0 Å². The second kappa shape index (κ2) is 2.75. The molecule has 1 heterocycles. The summed E-state index contributed by atoms with van der Waals surface area (Å²) in [4.78, 5) is 11.2. The summed E-state index contributed by atoms with van der Waals surface area (Å²) < 4.78 is 5.31. The van der Waals surface area contributed by atoms with Gasteiger partial charge in [0.05, 0.1) is 5.92 Å². The summed E-state index contributed by atoms with van der Waals surface area (Å²) in [6, 6.07) is 0. The Morgan fingerprint density at radius 2 is 2.08 bits per heavy atom. The van der Waals surface area contributed by atoms with Crippen molar-refractivity contribution in [2.45, 2.75) is 39.2 Å². The summed E-state index contributed by atoms with van der Waals surface area (Å²) >= 11 is 0. The van der Waals surface area contributed by atoms with E-state index in [1.54, 1.807) is 0 Å². The molecule has 0 radical (unpaired) electrons. The van der Waals surface area contributed by atoms with Crippen LogP contribution in [0.5, 0.6) is 0 Å². The summed E-state index contributed by atoms with van der Waals surface area (Å²) in [5.41, 5.74) is 0. The zero-order chi connectivity index (χ0) is 8.72. The predicted molar refractivity (Wildman–Crippen MR) is 45.5 cm³/mol. The molecule has 12 heavy (non-hydrogen) atoms. The molecule has 0 N–H and O–H groups in total. The van der Waals surface area contributed by atoms with E-state index in [0.29, 0.717) is 5.92 Å². The normalized spacial score (nSPS) is 47.0. The van der Waals surface area contributed by atoms with Gasteiger partial charge in [-0.25, -0.2) is 0 Å². The summed E-state index contributed by atoms with van der Waals surface area (Å²) in [6.45, 7) is 4.25. The fourth-order valence-electron chi connectivity index (χ4n) is 2.49. The van der Waals surface area contributed by atoms with Gasteiger partial charge in [0.1, 0.15) is 6.10 Å². The lowest BCUT2D eigenvalue weighted by molar-refractivity contribution is -0.144. The summed E-state index contributed by atoms with van der Waals surface area (Å²) in [5, 5.41) is 0. The fraction of sp³-hybridized carbons (Fsp3) is 0.900. The zero-order valence-corrected chi connectivity index (χ0v) is 7.75. The third kappa shape index (κ3) is 1.13. The largest absolute Gasteiger partial charge is 0.462 e. The number of carbonyl (C=O) groups excluding carboxylic acids is 1. The highest BCUT2D eigenvalue weighted by Crippen LogP contribution is 2.40. The van der Waals surface area contributed by atoms with E-state index in [1.807, 2.05) is 6.92 Å². The van der Waals surface area contributed by atoms with Crippen molar-refractivity contribution in [1.82, 2.24) is 0 Å². The molecule has 1 aliphatic carbocycles. The van der Waals surface area contributed by atoms with E-state index in [-0.39, 0.29) is 18.0 Å². The first-order valence-corrected chi connectivity index (χ1v) is 4.89. The first-order chi connectivity index (χ1) is 5.68. The molecule has 0 spiro atoms. The molecule has 0 aromatic heterocycles. The van der Waals surface area contributed by atoms with Crippen molar-refractivity contribution in [3.05, 3.63) is 0 Å². The van der Waals surface area contributed by atoms with Crippen LogP contribution < -0.4 is 0 Å². The van der Waals surface area contributed by atoms with Gasteiger partial charge in [-0.2, -0.15) is 0 Å². The average Bonchev–Trinajstić information content (AvgIpc) is 2.28. The number of rotatable bonds is 0. The highest BCUT2D eigenvalue weighted by molar-refractivity contribution is 5.74. The van der Waals surface area contributed by atoms with Crippen LogP contribution >= 0.6 is 0 Å². The maximum atomic E-state index is 11.2. The molecule has 0 aromatic rings. The van der Waals surface area contributed by atoms with Crippen LogP contribution in [-0.4, -0.2) is 12.1 Å². The van der Waals surface area contributed by atoms with Crippen molar-refractivity contribution in [2.75, 3.05) is 0 Å². The van der Waals surface area contributed by atoms with Gasteiger partial charge in [-0.15, -0.1) is 0 Å². The van der Waals surface area contributed by atoms with Crippen LogP contribution in [0.25, 0.3) is 0 Å². The molecule has 1 saturated heterocycles. The Bertz CT molecular complexity index is 200. The van der Waals surface area contributed by atoms with Crippen molar-refractivity contribution < 1.29 is 9.53 Å². The summed E-state index contributed by atoms with van der Waals surface area (Å²) in [6.07, 6.45) is 3.78. The van der Waals surface area contributed by atoms with Crippen LogP contribution in [0.1, 0.15) is 33.1 Å². The van der Waals surface area contributed by atoms with E-state index in [2.05, 4.69) is 6.92 Å². The molecule has 2 fully saturated rings. The molecule has 68 valence electrons. The fourth-order valence-corrected chi connectivity index (χ4v) is 2.49. The van der Waals surface area contributed by atoms with E-state index in [1.165, 1.54) is 12.8 Å². The lowest BCUT2D eigenvalue weighted by Crippen LogP contribution is -2.27. The first kappa shape index (κ1) is 8.09. The topological polar surface area (TPSA) is 26.3 Å². The predicted octanol–water partition coefficient (Wildman–Crippen LogP) is 1.98. The second-order valence-corrected chi connectivity index (χ2v) is 4.35. The quantitative estimate of drug-likeness (QED) is 0.517. The van der Waals surface area contributed by atoms with E-state index >= 15 is 0 Å². The number of carbonyl (C=O) groups is 1. The molecule has 0 unspecified atom stereocenters. The zero-order valence-electron chi connectivity index (χ0n) is 7.75. The molecule has 0 amide bonds. The molecule has 0 bridgehead atoms. The number of ether oxygens (including phenoxy) is 1. The van der Waals surface area contributed by atoms with Crippen molar-refractivity contribution in [3.63, 3.8) is 0 Å². The Morgan fingerprint density at radius 3 is 2.83 bits per heavy atom. The number of esters is 1. The van der Waals surface area contributed by atoms with Gasteiger partial charge in [-0.05, 0) is 18.8 Å². The Morgan fingerprint density at radius 1 is 1.33 bits per heavy atom. The molecular weight excluding hydrogens is 152 g/mol. The van der Waals surface area contributed by atoms with Crippen molar-refractivity contribution in [2.24, 2.45) is 17.8 Å². The van der Waals surface area contributed by atoms with Crippen molar-refractivity contribution in [1.29, 1.82) is 0 Å². The minimum Gasteiger partial charge on any atom is -0.462 e. The third-order valence-corrected chi connectivity index (χ3v) is 3.39. The highest BCUT2D eigenvalue weighted by Gasteiger charge is 2.43. The van der Waals surface area contributed by atoms with Crippen molar-refractivity contribution >= 4 is 5.97 Å². The van der Waals surface area contributed by atoms with Gasteiger partial charge < -0.3 is 4.74 Å². The maximum Gasteiger partial charge on any atom is 0.309 e. The van der Waals surface area contributed by atoms with Crippen LogP contribution in [0, 0.1) is 17.8 Å². The Hall–Kier alpha value is -0.530. The van der Waals surface area contributed by atoms with Crippen LogP contribution in [0.4, 0.5) is 0 Å². The lowest BCUT2D eigenvalue weighted by Gasteiger charge is -2.28. The molecule has 2 rings (SSSR count). The maximum absolute atomic E-state index is 11.2. The molecular formula is C10H16O2. The van der Waals surface area contributed by atoms with E-state index in [0.717, 1.165) is 12.3 Å². The van der Waals surface area contributed by atoms with Gasteiger partial charge in [-0.3, -0.25) is 4.79 Å². The van der Waals surface area contributed by atoms with Crippen LogP contribution in [0.15, 0.2) is 0 Å². The molecule has 4 atom stereocenters. The standard InChI is InChI=1S/C10H16O2/c1-6-3-4-8-7(2)10(11)12-9(8)5-6/h6-9H,3-5H2,1-2H3/t6-,7+,8+,9-/m1/s1. The highest BCUT2D eigenvalue weighted by atomic mass is 16.6. The van der Waals surface area contributed by atoms with Gasteiger partial charge in [-0.1, -0.05) is 20.3 Å². The van der Waals surface area contributed by atoms with E-state index < -0.39 is 0 Å². The van der Waals surface area contributed by atoms with Gasteiger partial charge in [0.15, 0.2) is 0 Å². The number of hydrogen-bond donors (Lipinski definition) is 0. The van der Waals surface area contributed by atoms with Gasteiger partial charge in [0, 0.05) is 5.92 Å². The molecule has 2 nitrogen and oxygen atoms in total. The third-order valence-electron chi connectivity index (χ3n) is 3.39. The van der Waals surface area contributed by atoms with E-state index in [4.69, 9.17) is 4.74 Å². The first-order valence-electron chi connectivity index (χ1n) is 4.89. The SMILES string of the molecule is C[C@@H]1CC[C@H]2[C@H](C)C(=O)O[C@@H]2C1. The number of hydrogen-bond acceptors (Lipinski definition) is 2. The lowest BCUT2D eigenvalue weighted by atomic mass is 9.77. The minimum absolute atomic E-state index is 0.0269. The molecule has 2 aliphatic rings. The van der Waals surface area contributed by atoms with Crippen LogP contribution in [-0.2, 0) is 9.53 Å². The second-order valence-electron chi connectivity index (χ2n) is 4.35. The molecule has 1 saturated carbocycles. The average molecular weight is 168 g/mol. The monoisotopic (exact) mass is 168 g/mol. The van der Waals surface area contributed by atoms with E-state index in [9.17, 15) is 4.79 Å². The Kier molecular flexibility index (Phi) is 1.85. The van der Waals surface area contributed by atoms with Gasteiger partial charge in [0.25, 0.3) is 0 Å².